The Labute approximate surface area is 187 Å². The largest absolute Gasteiger partial charge is 0.497 e. The van der Waals surface area contributed by atoms with E-state index in [2.05, 4.69) is 5.32 Å². The number of methoxy groups -OCH3 is 1. The maximum absolute atomic E-state index is 12.9. The van der Waals surface area contributed by atoms with Gasteiger partial charge in [-0.3, -0.25) is 9.59 Å². The molecule has 1 aliphatic rings. The number of anilines is 1. The number of benzene rings is 2. The second-order valence-corrected chi connectivity index (χ2v) is 9.44. The average Bonchev–Trinajstić information content (AvgIpc) is 2.79. The second kappa shape index (κ2) is 10.0. The number of rotatable bonds is 8. The summed E-state index contributed by atoms with van der Waals surface area (Å²) in [6.45, 7) is 2.36. The molecule has 2 amide bonds. The summed E-state index contributed by atoms with van der Waals surface area (Å²) in [6, 6.07) is 9.15. The predicted molar refractivity (Wildman–Crippen MR) is 119 cm³/mol. The highest BCUT2D eigenvalue weighted by Gasteiger charge is 2.26. The molecule has 1 saturated heterocycles. The smallest absolute Gasteiger partial charge is 0.262 e. The van der Waals surface area contributed by atoms with Gasteiger partial charge in [-0.05, 0) is 55.7 Å². The molecule has 0 aliphatic carbocycles. The average molecular weight is 462 g/mol. The molecule has 9 nitrogen and oxygen atoms in total. The number of primary amides is 1. The molecule has 0 saturated carbocycles. The van der Waals surface area contributed by atoms with Crippen molar-refractivity contribution in [1.29, 1.82) is 0 Å². The summed E-state index contributed by atoms with van der Waals surface area (Å²) >= 11 is 0. The topological polar surface area (TPSA) is 128 Å². The number of hydrogen-bond acceptors (Lipinski definition) is 6. The molecule has 0 unspecified atom stereocenters. The van der Waals surface area contributed by atoms with Gasteiger partial charge >= 0.3 is 0 Å². The number of hydrogen-bond donors (Lipinski definition) is 2. The molecule has 2 aromatic carbocycles. The number of carbonyl (C=O) groups excluding carboxylic acids is 2. The van der Waals surface area contributed by atoms with Gasteiger partial charge < -0.3 is 20.5 Å². The standard InChI is InChI=1S/C22H27N3O6S/c1-15-6-8-17(32(28,29)25-10-4-3-5-11-25)13-19(15)24-21(26)14-31-20-9-7-16(30-2)12-18(20)22(23)27/h6-9,12-13H,3-5,10-11,14H2,1-2H3,(H2,23,27)(H,24,26). The molecular formula is C22H27N3O6S. The molecule has 2 aromatic rings. The number of aryl methyl sites for hydroxylation is 1. The van der Waals surface area contributed by atoms with Crippen LogP contribution in [0.4, 0.5) is 5.69 Å². The number of amides is 2. The third-order valence-corrected chi connectivity index (χ3v) is 7.14. The maximum Gasteiger partial charge on any atom is 0.262 e. The lowest BCUT2D eigenvalue weighted by atomic mass is 10.2. The number of piperidine rings is 1. The first kappa shape index (κ1) is 23.6. The number of nitrogens with two attached hydrogens (primary N) is 1. The monoisotopic (exact) mass is 461 g/mol. The third kappa shape index (κ3) is 5.38. The molecule has 0 radical (unpaired) electrons. The summed E-state index contributed by atoms with van der Waals surface area (Å²) < 4.78 is 37.9. The Morgan fingerprint density at radius 1 is 1.09 bits per heavy atom. The van der Waals surface area contributed by atoms with Crippen molar-refractivity contribution in [3.63, 3.8) is 0 Å². The van der Waals surface area contributed by atoms with E-state index in [1.54, 1.807) is 25.1 Å². The van der Waals surface area contributed by atoms with E-state index in [9.17, 15) is 18.0 Å². The number of nitrogens with zero attached hydrogens (tertiary/aromatic N) is 1. The van der Waals surface area contributed by atoms with Gasteiger partial charge in [0.2, 0.25) is 10.0 Å². The van der Waals surface area contributed by atoms with E-state index in [1.807, 2.05) is 0 Å². The van der Waals surface area contributed by atoms with Gasteiger partial charge in [-0.2, -0.15) is 4.31 Å². The van der Waals surface area contributed by atoms with Crippen LogP contribution in [0.2, 0.25) is 0 Å². The molecule has 1 aliphatic heterocycles. The minimum absolute atomic E-state index is 0.0861. The Balaban J connectivity index is 1.72. The van der Waals surface area contributed by atoms with Crippen LogP contribution in [0.25, 0.3) is 0 Å². The Bertz CT molecular complexity index is 1110. The zero-order valence-corrected chi connectivity index (χ0v) is 18.9. The highest BCUT2D eigenvalue weighted by Crippen LogP contribution is 2.26. The fourth-order valence-corrected chi connectivity index (χ4v) is 4.98. The van der Waals surface area contributed by atoms with Crippen LogP contribution in [0.5, 0.6) is 11.5 Å². The summed E-state index contributed by atoms with van der Waals surface area (Å²) in [5.74, 6) is -0.651. The third-order valence-electron chi connectivity index (χ3n) is 5.25. The highest BCUT2D eigenvalue weighted by atomic mass is 32.2. The normalized spacial score (nSPS) is 14.6. The van der Waals surface area contributed by atoms with Crippen LogP contribution in [0.3, 0.4) is 0 Å². The van der Waals surface area contributed by atoms with Gasteiger partial charge in [0, 0.05) is 18.8 Å². The highest BCUT2D eigenvalue weighted by molar-refractivity contribution is 7.89. The van der Waals surface area contributed by atoms with Gasteiger partial charge in [0.05, 0.1) is 17.6 Å². The summed E-state index contributed by atoms with van der Waals surface area (Å²) in [6.07, 6.45) is 2.70. The van der Waals surface area contributed by atoms with Crippen molar-refractivity contribution < 1.29 is 27.5 Å². The van der Waals surface area contributed by atoms with Gasteiger partial charge in [-0.1, -0.05) is 12.5 Å². The zero-order chi connectivity index (χ0) is 23.3. The fraction of sp³-hybridized carbons (Fsp3) is 0.364. The molecular weight excluding hydrogens is 434 g/mol. The van der Waals surface area contributed by atoms with Crippen LogP contribution < -0.4 is 20.5 Å². The van der Waals surface area contributed by atoms with Crippen molar-refractivity contribution in [2.75, 3.05) is 32.1 Å². The lowest BCUT2D eigenvalue weighted by Crippen LogP contribution is -2.35. The second-order valence-electron chi connectivity index (χ2n) is 7.50. The van der Waals surface area contributed by atoms with Crippen LogP contribution in [0.1, 0.15) is 35.2 Å². The van der Waals surface area contributed by atoms with E-state index in [0.717, 1.165) is 19.3 Å². The Kier molecular flexibility index (Phi) is 7.37. The molecule has 32 heavy (non-hydrogen) atoms. The van der Waals surface area contributed by atoms with Gasteiger partial charge in [0.15, 0.2) is 6.61 Å². The number of nitrogens with one attached hydrogen (secondary N) is 1. The van der Waals surface area contributed by atoms with Crippen molar-refractivity contribution in [1.82, 2.24) is 4.31 Å². The summed E-state index contributed by atoms with van der Waals surface area (Å²) in [5.41, 5.74) is 6.54. The molecule has 1 heterocycles. The van der Waals surface area contributed by atoms with E-state index in [1.165, 1.54) is 29.6 Å². The van der Waals surface area contributed by atoms with Gasteiger partial charge in [0.1, 0.15) is 11.5 Å². The van der Waals surface area contributed by atoms with Crippen molar-refractivity contribution in [2.24, 2.45) is 5.73 Å². The molecule has 0 atom stereocenters. The Hall–Kier alpha value is -3.11. The minimum atomic E-state index is -3.63. The first-order valence-electron chi connectivity index (χ1n) is 10.2. The number of sulfonamides is 1. The van der Waals surface area contributed by atoms with Crippen LogP contribution in [-0.4, -0.2) is 51.3 Å². The first-order valence-corrected chi connectivity index (χ1v) is 11.7. The molecule has 0 bridgehead atoms. The van der Waals surface area contributed by atoms with Crippen LogP contribution in [-0.2, 0) is 14.8 Å². The molecule has 10 heteroatoms. The Morgan fingerprint density at radius 3 is 2.47 bits per heavy atom. The van der Waals surface area contributed by atoms with Crippen LogP contribution in [0.15, 0.2) is 41.3 Å². The van der Waals surface area contributed by atoms with Gasteiger partial charge in [0.25, 0.3) is 11.8 Å². The lowest BCUT2D eigenvalue weighted by molar-refractivity contribution is -0.118. The molecule has 3 rings (SSSR count). The van der Waals surface area contributed by atoms with E-state index in [4.69, 9.17) is 15.2 Å². The van der Waals surface area contributed by atoms with Crippen molar-refractivity contribution in [2.45, 2.75) is 31.1 Å². The quantitative estimate of drug-likeness (QED) is 0.621. The maximum atomic E-state index is 12.9. The molecule has 1 fully saturated rings. The van der Waals surface area contributed by atoms with Crippen molar-refractivity contribution in [3.8, 4) is 11.5 Å². The molecule has 172 valence electrons. The summed E-state index contributed by atoms with van der Waals surface area (Å²) in [5, 5.41) is 2.68. The number of ether oxygens (including phenoxy) is 2. The fourth-order valence-electron chi connectivity index (χ4n) is 3.43. The molecule has 3 N–H and O–H groups in total. The Morgan fingerprint density at radius 2 is 1.81 bits per heavy atom. The lowest BCUT2D eigenvalue weighted by Gasteiger charge is -2.26. The molecule has 0 aromatic heterocycles. The summed E-state index contributed by atoms with van der Waals surface area (Å²) in [4.78, 5) is 24.3. The van der Waals surface area contributed by atoms with E-state index in [-0.39, 0.29) is 16.2 Å². The summed E-state index contributed by atoms with van der Waals surface area (Å²) in [7, 11) is -2.17. The predicted octanol–water partition coefficient (Wildman–Crippen LogP) is 2.29. The minimum Gasteiger partial charge on any atom is -0.497 e. The van der Waals surface area contributed by atoms with Crippen molar-refractivity contribution >= 4 is 27.5 Å². The van der Waals surface area contributed by atoms with Gasteiger partial charge in [-0.25, -0.2) is 8.42 Å². The first-order chi connectivity index (χ1) is 15.2. The SMILES string of the molecule is COc1ccc(OCC(=O)Nc2cc(S(=O)(=O)N3CCCCC3)ccc2C)c(C(N)=O)c1. The van der Waals surface area contributed by atoms with Gasteiger partial charge in [-0.15, -0.1) is 0 Å². The zero-order valence-electron chi connectivity index (χ0n) is 18.1. The van der Waals surface area contributed by atoms with Crippen LogP contribution in [0, 0.1) is 6.92 Å². The number of carbonyl (C=O) groups is 2. The van der Waals surface area contributed by atoms with E-state index >= 15 is 0 Å². The van der Waals surface area contributed by atoms with E-state index in [0.29, 0.717) is 30.1 Å². The van der Waals surface area contributed by atoms with E-state index < -0.39 is 28.4 Å². The van der Waals surface area contributed by atoms with Crippen LogP contribution >= 0.6 is 0 Å². The molecule has 0 spiro atoms. The van der Waals surface area contributed by atoms with Crippen molar-refractivity contribution in [3.05, 3.63) is 47.5 Å².